The van der Waals surface area contributed by atoms with Crippen LogP contribution in [0.1, 0.15) is 44.2 Å². The van der Waals surface area contributed by atoms with Gasteiger partial charge in [0.1, 0.15) is 6.04 Å². The first kappa shape index (κ1) is 27.3. The van der Waals surface area contributed by atoms with Crippen LogP contribution in [0.5, 0.6) is 0 Å². The Morgan fingerprint density at radius 1 is 0.972 bits per heavy atom. The van der Waals surface area contributed by atoms with Gasteiger partial charge in [0.15, 0.2) is 9.84 Å². The van der Waals surface area contributed by atoms with Crippen LogP contribution >= 0.6 is 11.6 Å². The minimum atomic E-state index is -3.85. The molecule has 1 aromatic rings. The van der Waals surface area contributed by atoms with E-state index >= 15 is 0 Å². The van der Waals surface area contributed by atoms with Gasteiger partial charge in [-0.05, 0) is 50.3 Å². The Morgan fingerprint density at radius 3 is 2.25 bits per heavy atom. The van der Waals surface area contributed by atoms with E-state index in [0.29, 0.717) is 37.3 Å². The quantitative estimate of drug-likeness (QED) is 0.534. The Balaban J connectivity index is 1.37. The molecule has 0 bridgehead atoms. The van der Waals surface area contributed by atoms with E-state index < -0.39 is 37.3 Å². The van der Waals surface area contributed by atoms with Crippen LogP contribution in [0.3, 0.4) is 0 Å². The van der Waals surface area contributed by atoms with Crippen molar-refractivity contribution < 1.29 is 26.4 Å². The van der Waals surface area contributed by atoms with Crippen molar-refractivity contribution in [3.63, 3.8) is 0 Å². The molecule has 0 aromatic heterocycles. The third kappa shape index (κ3) is 5.72. The van der Waals surface area contributed by atoms with Gasteiger partial charge in [0, 0.05) is 44.0 Å². The number of halogens is 1. The highest BCUT2D eigenvalue weighted by Crippen LogP contribution is 2.29. The van der Waals surface area contributed by atoms with Gasteiger partial charge in [0.2, 0.25) is 11.8 Å². The summed E-state index contributed by atoms with van der Waals surface area (Å²) in [5.74, 6) is -0.970. The summed E-state index contributed by atoms with van der Waals surface area (Å²) in [5.41, 5.74) is 0.904. The Kier molecular flexibility index (Phi) is 8.01. The fraction of sp³-hybridized carbons (Fsp3) is 0.652. The lowest BCUT2D eigenvalue weighted by Crippen LogP contribution is -2.61. The Morgan fingerprint density at radius 2 is 1.61 bits per heavy atom. The first-order valence-corrected chi connectivity index (χ1v) is 15.9. The summed E-state index contributed by atoms with van der Waals surface area (Å²) in [6.07, 6.45) is 3.44. The summed E-state index contributed by atoms with van der Waals surface area (Å²) in [4.78, 5) is 28.1. The second kappa shape index (κ2) is 10.6. The van der Waals surface area contributed by atoms with Crippen molar-refractivity contribution in [2.75, 3.05) is 39.0 Å². The lowest BCUT2D eigenvalue weighted by atomic mass is 9.97. The fourth-order valence-electron chi connectivity index (χ4n) is 5.06. The van der Waals surface area contributed by atoms with Crippen LogP contribution in [-0.2, 0) is 29.6 Å². The smallest absolute Gasteiger partial charge is 0.282 e. The standard InChI is InChI=1S/C23H33ClN4O6S2/c1-16(17-7-9-19(24)10-8-17)25-22(29)21-6-4-12-28(21)23(30)18-5-3-11-26(13-18)36(33,34)27-14-20(15-27)35(2,31)32/h7-10,16,18,20-21H,3-6,11-15H2,1-2H3,(H,25,29)/t16-,18+,21-/m1/s1. The van der Waals surface area contributed by atoms with Crippen LogP contribution in [0.4, 0.5) is 0 Å². The number of nitrogens with one attached hydrogen (secondary N) is 1. The number of amides is 2. The van der Waals surface area contributed by atoms with Gasteiger partial charge in [0.05, 0.1) is 17.2 Å². The molecule has 0 radical (unpaired) electrons. The fourth-order valence-corrected chi connectivity index (χ4v) is 8.07. The third-order valence-corrected chi connectivity index (χ3v) is 11.1. The highest BCUT2D eigenvalue weighted by Gasteiger charge is 2.46. The number of hydrogen-bond donors (Lipinski definition) is 1. The second-order valence-corrected chi connectivity index (χ2v) is 14.6. The van der Waals surface area contributed by atoms with E-state index in [1.807, 2.05) is 19.1 Å². The van der Waals surface area contributed by atoms with Crippen molar-refractivity contribution in [1.29, 1.82) is 0 Å². The van der Waals surface area contributed by atoms with Gasteiger partial charge in [-0.1, -0.05) is 23.7 Å². The molecule has 3 aliphatic heterocycles. The monoisotopic (exact) mass is 560 g/mol. The zero-order chi connectivity index (χ0) is 26.3. The van der Waals surface area contributed by atoms with Crippen LogP contribution < -0.4 is 5.32 Å². The van der Waals surface area contributed by atoms with Crippen LogP contribution in [0.15, 0.2) is 24.3 Å². The molecule has 3 aliphatic rings. The molecular formula is C23H33ClN4O6S2. The minimum Gasteiger partial charge on any atom is -0.348 e. The molecule has 3 fully saturated rings. The molecule has 0 spiro atoms. The first-order chi connectivity index (χ1) is 16.9. The molecule has 3 heterocycles. The Bertz CT molecular complexity index is 1200. The summed E-state index contributed by atoms with van der Waals surface area (Å²) < 4.78 is 51.9. The average Bonchev–Trinajstić information content (AvgIpc) is 3.27. The summed E-state index contributed by atoms with van der Waals surface area (Å²) in [7, 11) is -7.14. The maximum absolute atomic E-state index is 13.4. The largest absolute Gasteiger partial charge is 0.348 e. The molecule has 0 saturated carbocycles. The predicted octanol–water partition coefficient (Wildman–Crippen LogP) is 1.19. The number of carbonyl (C=O) groups excluding carboxylic acids is 2. The van der Waals surface area contributed by atoms with E-state index in [0.717, 1.165) is 16.1 Å². The van der Waals surface area contributed by atoms with E-state index in [1.165, 1.54) is 4.31 Å². The van der Waals surface area contributed by atoms with Crippen molar-refractivity contribution in [2.24, 2.45) is 5.92 Å². The van der Waals surface area contributed by atoms with Gasteiger partial charge in [-0.15, -0.1) is 0 Å². The maximum Gasteiger partial charge on any atom is 0.282 e. The first-order valence-electron chi connectivity index (χ1n) is 12.2. The van der Waals surface area contributed by atoms with Gasteiger partial charge in [-0.2, -0.15) is 17.0 Å². The molecule has 3 saturated heterocycles. The van der Waals surface area contributed by atoms with Gasteiger partial charge in [0.25, 0.3) is 10.2 Å². The van der Waals surface area contributed by atoms with Gasteiger partial charge in [-0.3, -0.25) is 9.59 Å². The SMILES string of the molecule is C[C@@H](NC(=O)[C@H]1CCCN1C(=O)[C@H]1CCCN(S(=O)(=O)N2CC(S(C)(=O)=O)C2)C1)c1ccc(Cl)cc1. The van der Waals surface area contributed by atoms with Crippen LogP contribution in [0.2, 0.25) is 5.02 Å². The van der Waals surface area contributed by atoms with E-state index in [9.17, 15) is 26.4 Å². The molecule has 36 heavy (non-hydrogen) atoms. The van der Waals surface area contributed by atoms with Crippen molar-refractivity contribution in [1.82, 2.24) is 18.8 Å². The Hall–Kier alpha value is -1.73. The van der Waals surface area contributed by atoms with Crippen LogP contribution in [-0.4, -0.2) is 92.4 Å². The molecule has 4 rings (SSSR count). The molecule has 1 aromatic carbocycles. The number of nitrogens with zero attached hydrogens (tertiary/aromatic N) is 3. The lowest BCUT2D eigenvalue weighted by molar-refractivity contribution is -0.142. The highest BCUT2D eigenvalue weighted by atomic mass is 35.5. The van der Waals surface area contributed by atoms with Crippen LogP contribution in [0.25, 0.3) is 0 Å². The topological polar surface area (TPSA) is 124 Å². The number of rotatable bonds is 7. The zero-order valence-corrected chi connectivity index (χ0v) is 22.9. The number of benzene rings is 1. The average molecular weight is 561 g/mol. The predicted molar refractivity (Wildman–Crippen MR) is 136 cm³/mol. The molecule has 200 valence electrons. The molecule has 1 N–H and O–H groups in total. The molecular weight excluding hydrogens is 528 g/mol. The summed E-state index contributed by atoms with van der Waals surface area (Å²) in [6.45, 7) is 2.53. The zero-order valence-electron chi connectivity index (χ0n) is 20.5. The summed E-state index contributed by atoms with van der Waals surface area (Å²) in [6, 6.07) is 6.36. The van der Waals surface area contributed by atoms with E-state index in [4.69, 9.17) is 11.6 Å². The Labute approximate surface area is 218 Å². The van der Waals surface area contributed by atoms with Crippen molar-refractivity contribution in [3.8, 4) is 0 Å². The molecule has 0 unspecified atom stereocenters. The highest BCUT2D eigenvalue weighted by molar-refractivity contribution is 7.91. The van der Waals surface area contributed by atoms with E-state index in [2.05, 4.69) is 5.32 Å². The number of likely N-dealkylation sites (tertiary alicyclic amines) is 1. The molecule has 3 atom stereocenters. The lowest BCUT2D eigenvalue weighted by Gasteiger charge is -2.42. The van der Waals surface area contributed by atoms with Crippen molar-refractivity contribution in [2.45, 2.75) is 49.9 Å². The number of hydrogen-bond acceptors (Lipinski definition) is 6. The molecule has 2 amide bonds. The van der Waals surface area contributed by atoms with Crippen LogP contribution in [0, 0.1) is 5.92 Å². The number of carbonyl (C=O) groups is 2. The molecule has 10 nitrogen and oxygen atoms in total. The molecule has 13 heteroatoms. The van der Waals surface area contributed by atoms with Gasteiger partial charge < -0.3 is 10.2 Å². The minimum absolute atomic E-state index is 0.0349. The number of piperidine rings is 1. The van der Waals surface area contributed by atoms with Gasteiger partial charge in [-0.25, -0.2) is 8.42 Å². The van der Waals surface area contributed by atoms with Crippen molar-refractivity contribution >= 4 is 43.5 Å². The maximum atomic E-state index is 13.4. The van der Waals surface area contributed by atoms with Crippen molar-refractivity contribution in [3.05, 3.63) is 34.9 Å². The number of sulfone groups is 1. The third-order valence-electron chi connectivity index (χ3n) is 7.37. The summed E-state index contributed by atoms with van der Waals surface area (Å²) in [5, 5.41) is 2.91. The second-order valence-electron chi connectivity index (χ2n) is 9.94. The van der Waals surface area contributed by atoms with Gasteiger partial charge >= 0.3 is 0 Å². The van der Waals surface area contributed by atoms with E-state index in [-0.39, 0.29) is 44.0 Å². The summed E-state index contributed by atoms with van der Waals surface area (Å²) >= 11 is 5.95. The normalized spacial score (nSPS) is 25.4. The van der Waals surface area contributed by atoms with E-state index in [1.54, 1.807) is 17.0 Å². The molecule has 0 aliphatic carbocycles.